The van der Waals surface area contributed by atoms with Crippen LogP contribution in [0.5, 0.6) is 0 Å². The van der Waals surface area contributed by atoms with E-state index in [1.807, 2.05) is 12.1 Å². The topological polar surface area (TPSA) is 26.0 Å². The molecule has 0 radical (unpaired) electrons. The Bertz CT molecular complexity index is 146. The zero-order valence-electron chi connectivity index (χ0n) is 3.93. The van der Waals surface area contributed by atoms with Crippen LogP contribution >= 0.6 is 44.2 Å². The molecular formula is C4H5Br2NS. The first kappa shape index (κ1) is 8.46. The van der Waals surface area contributed by atoms with Gasteiger partial charge in [0.15, 0.2) is 0 Å². The Hall–Kier alpha value is 0.460. The summed E-state index contributed by atoms with van der Waals surface area (Å²) >= 11 is 4.81. The quantitative estimate of drug-likeness (QED) is 0.761. The lowest BCUT2D eigenvalue weighted by Crippen LogP contribution is -1.72. The Kier molecular flexibility index (Phi) is 3.68. The van der Waals surface area contributed by atoms with Gasteiger partial charge >= 0.3 is 0 Å². The van der Waals surface area contributed by atoms with Gasteiger partial charge in [0.25, 0.3) is 0 Å². The summed E-state index contributed by atoms with van der Waals surface area (Å²) < 4.78 is 1.09. The molecule has 0 amide bonds. The van der Waals surface area contributed by atoms with Crippen molar-refractivity contribution >= 4 is 49.2 Å². The van der Waals surface area contributed by atoms with Crippen LogP contribution in [0.4, 0.5) is 5.00 Å². The van der Waals surface area contributed by atoms with Crippen LogP contribution in [-0.2, 0) is 0 Å². The molecule has 1 nitrogen and oxygen atoms in total. The van der Waals surface area contributed by atoms with Gasteiger partial charge in [0.1, 0.15) is 0 Å². The fourth-order valence-corrected chi connectivity index (χ4v) is 1.52. The molecule has 46 valence electrons. The molecule has 4 heteroatoms. The SMILES string of the molecule is Br.Nc1ccc(Br)s1. The summed E-state index contributed by atoms with van der Waals surface area (Å²) in [5.74, 6) is 0. The van der Waals surface area contributed by atoms with Gasteiger partial charge in [-0.15, -0.1) is 28.3 Å². The van der Waals surface area contributed by atoms with Crippen molar-refractivity contribution in [2.24, 2.45) is 0 Å². The fraction of sp³-hybridized carbons (Fsp3) is 0. The maximum atomic E-state index is 5.37. The monoisotopic (exact) mass is 257 g/mol. The van der Waals surface area contributed by atoms with Crippen LogP contribution in [0.3, 0.4) is 0 Å². The van der Waals surface area contributed by atoms with E-state index in [4.69, 9.17) is 5.73 Å². The van der Waals surface area contributed by atoms with E-state index in [1.165, 1.54) is 11.3 Å². The predicted octanol–water partition coefficient (Wildman–Crippen LogP) is 2.67. The Balaban J connectivity index is 0.000000490. The van der Waals surface area contributed by atoms with E-state index in [9.17, 15) is 0 Å². The van der Waals surface area contributed by atoms with E-state index in [2.05, 4.69) is 15.9 Å². The predicted molar refractivity (Wildman–Crippen MR) is 46.8 cm³/mol. The maximum absolute atomic E-state index is 5.37. The van der Waals surface area contributed by atoms with Crippen LogP contribution in [0.25, 0.3) is 0 Å². The molecule has 0 saturated heterocycles. The molecule has 1 aromatic rings. The third kappa shape index (κ3) is 2.15. The Morgan fingerprint density at radius 2 is 2.12 bits per heavy atom. The van der Waals surface area contributed by atoms with Crippen LogP contribution in [0.1, 0.15) is 0 Å². The van der Waals surface area contributed by atoms with E-state index < -0.39 is 0 Å². The van der Waals surface area contributed by atoms with E-state index in [1.54, 1.807) is 0 Å². The van der Waals surface area contributed by atoms with Crippen molar-refractivity contribution in [2.75, 3.05) is 5.73 Å². The molecule has 0 atom stereocenters. The van der Waals surface area contributed by atoms with Gasteiger partial charge in [-0.05, 0) is 28.1 Å². The Morgan fingerprint density at radius 1 is 1.50 bits per heavy atom. The second kappa shape index (κ2) is 3.48. The van der Waals surface area contributed by atoms with Gasteiger partial charge in [0.05, 0.1) is 8.79 Å². The highest BCUT2D eigenvalue weighted by Gasteiger charge is 1.86. The van der Waals surface area contributed by atoms with Crippen molar-refractivity contribution in [3.63, 3.8) is 0 Å². The fourth-order valence-electron chi connectivity index (χ4n) is 0.328. The molecule has 0 unspecified atom stereocenters. The van der Waals surface area contributed by atoms with Crippen LogP contribution in [-0.4, -0.2) is 0 Å². The molecular weight excluding hydrogens is 254 g/mol. The molecule has 0 spiro atoms. The number of anilines is 1. The number of hydrogen-bond donors (Lipinski definition) is 1. The van der Waals surface area contributed by atoms with E-state index in [0.29, 0.717) is 0 Å². The molecule has 0 saturated carbocycles. The number of hydrogen-bond acceptors (Lipinski definition) is 2. The van der Waals surface area contributed by atoms with Crippen molar-refractivity contribution < 1.29 is 0 Å². The van der Waals surface area contributed by atoms with Gasteiger partial charge in [0, 0.05) is 0 Å². The molecule has 2 N–H and O–H groups in total. The second-order valence-electron chi connectivity index (χ2n) is 1.14. The average molecular weight is 259 g/mol. The molecule has 1 heterocycles. The van der Waals surface area contributed by atoms with Crippen LogP contribution in [0.15, 0.2) is 15.9 Å². The normalized spacial score (nSPS) is 8.12. The van der Waals surface area contributed by atoms with Gasteiger partial charge in [-0.2, -0.15) is 0 Å². The zero-order valence-corrected chi connectivity index (χ0v) is 8.04. The second-order valence-corrected chi connectivity index (χ2v) is 3.64. The molecule has 0 fully saturated rings. The lowest BCUT2D eigenvalue weighted by atomic mass is 10.6. The van der Waals surface area contributed by atoms with Crippen molar-refractivity contribution in [3.05, 3.63) is 15.9 Å². The van der Waals surface area contributed by atoms with Crippen molar-refractivity contribution in [3.8, 4) is 0 Å². The number of thiophene rings is 1. The first-order chi connectivity index (χ1) is 3.29. The summed E-state index contributed by atoms with van der Waals surface area (Å²) in [6.45, 7) is 0. The average Bonchev–Trinajstić information content (AvgIpc) is 1.87. The molecule has 1 aromatic heterocycles. The van der Waals surface area contributed by atoms with Gasteiger partial charge in [-0.1, -0.05) is 0 Å². The van der Waals surface area contributed by atoms with Gasteiger partial charge in [-0.3, -0.25) is 0 Å². The molecule has 0 bridgehead atoms. The summed E-state index contributed by atoms with van der Waals surface area (Å²) in [7, 11) is 0. The van der Waals surface area contributed by atoms with E-state index in [0.717, 1.165) is 8.79 Å². The van der Waals surface area contributed by atoms with E-state index in [-0.39, 0.29) is 17.0 Å². The minimum absolute atomic E-state index is 0. The van der Waals surface area contributed by atoms with Crippen LogP contribution in [0.2, 0.25) is 0 Å². The van der Waals surface area contributed by atoms with E-state index >= 15 is 0 Å². The van der Waals surface area contributed by atoms with Crippen LogP contribution < -0.4 is 5.73 Å². The molecule has 0 aliphatic heterocycles. The molecule has 0 aliphatic rings. The van der Waals surface area contributed by atoms with Crippen molar-refractivity contribution in [2.45, 2.75) is 0 Å². The highest BCUT2D eigenvalue weighted by Crippen LogP contribution is 2.22. The summed E-state index contributed by atoms with van der Waals surface area (Å²) in [6, 6.07) is 3.80. The standard InChI is InChI=1S/C4H4BrNS.BrH/c5-3-1-2-4(6)7-3;/h1-2H,6H2;1H. The maximum Gasteiger partial charge on any atom is 0.0868 e. The number of nitrogens with two attached hydrogens (primary N) is 1. The Labute approximate surface area is 70.8 Å². The van der Waals surface area contributed by atoms with Crippen LogP contribution in [0, 0.1) is 0 Å². The molecule has 1 rings (SSSR count). The smallest absolute Gasteiger partial charge is 0.0868 e. The lowest BCUT2D eigenvalue weighted by molar-refractivity contribution is 1.92. The van der Waals surface area contributed by atoms with Gasteiger partial charge in [0.2, 0.25) is 0 Å². The summed E-state index contributed by atoms with van der Waals surface area (Å²) in [5, 5.41) is 0.854. The molecule has 0 aromatic carbocycles. The first-order valence-electron chi connectivity index (χ1n) is 1.80. The zero-order chi connectivity index (χ0) is 5.28. The van der Waals surface area contributed by atoms with Gasteiger partial charge < -0.3 is 5.73 Å². The number of nitrogen functional groups attached to an aromatic ring is 1. The Morgan fingerprint density at radius 3 is 2.25 bits per heavy atom. The largest absolute Gasteiger partial charge is 0.391 e. The summed E-state index contributed by atoms with van der Waals surface area (Å²) in [4.78, 5) is 0. The van der Waals surface area contributed by atoms with Gasteiger partial charge in [-0.25, -0.2) is 0 Å². The minimum Gasteiger partial charge on any atom is -0.391 e. The summed E-state index contributed by atoms with van der Waals surface area (Å²) in [6.07, 6.45) is 0. The first-order valence-corrected chi connectivity index (χ1v) is 3.41. The third-order valence-corrected chi connectivity index (χ3v) is 2.05. The highest BCUT2D eigenvalue weighted by atomic mass is 79.9. The highest BCUT2D eigenvalue weighted by molar-refractivity contribution is 9.11. The number of halogens is 2. The third-order valence-electron chi connectivity index (χ3n) is 0.594. The molecule has 0 aliphatic carbocycles. The molecule has 8 heavy (non-hydrogen) atoms. The number of rotatable bonds is 0. The minimum atomic E-state index is 0. The van der Waals surface area contributed by atoms with Crippen molar-refractivity contribution in [1.29, 1.82) is 0 Å². The summed E-state index contributed by atoms with van der Waals surface area (Å²) in [5.41, 5.74) is 5.37. The lowest BCUT2D eigenvalue weighted by Gasteiger charge is -1.71. The van der Waals surface area contributed by atoms with Crippen molar-refractivity contribution in [1.82, 2.24) is 0 Å².